The van der Waals surface area contributed by atoms with Crippen LogP contribution >= 0.6 is 0 Å². The van der Waals surface area contributed by atoms with E-state index in [0.717, 1.165) is 0 Å². The summed E-state index contributed by atoms with van der Waals surface area (Å²) in [5.74, 6) is 1.35. The highest BCUT2D eigenvalue weighted by Gasteiger charge is 2.12. The SMILES string of the molecule is OC[C]1CCCC1. The molecular weight excluding hydrogens is 88.1 g/mol. The summed E-state index contributed by atoms with van der Waals surface area (Å²) < 4.78 is 0. The Morgan fingerprint density at radius 2 is 1.86 bits per heavy atom. The van der Waals surface area contributed by atoms with Gasteiger partial charge in [-0.2, -0.15) is 0 Å². The molecule has 0 amide bonds. The van der Waals surface area contributed by atoms with Crippen LogP contribution in [0.25, 0.3) is 0 Å². The Morgan fingerprint density at radius 3 is 2.14 bits per heavy atom. The Balaban J connectivity index is 2.14. The van der Waals surface area contributed by atoms with Gasteiger partial charge in [0.25, 0.3) is 0 Å². The molecule has 1 N–H and O–H groups in total. The highest BCUT2D eigenvalue weighted by Crippen LogP contribution is 2.25. The van der Waals surface area contributed by atoms with Crippen molar-refractivity contribution in [3.05, 3.63) is 5.92 Å². The van der Waals surface area contributed by atoms with Crippen molar-refractivity contribution in [2.24, 2.45) is 0 Å². The summed E-state index contributed by atoms with van der Waals surface area (Å²) in [6.45, 7) is 0.333. The predicted molar refractivity (Wildman–Crippen MR) is 28.8 cm³/mol. The summed E-state index contributed by atoms with van der Waals surface area (Å²) in [5.41, 5.74) is 0. The molecule has 0 unspecified atom stereocenters. The van der Waals surface area contributed by atoms with Crippen LogP contribution in [0.2, 0.25) is 0 Å². The Kier molecular flexibility index (Phi) is 1.69. The van der Waals surface area contributed by atoms with E-state index in [0.29, 0.717) is 6.61 Å². The summed E-state index contributed by atoms with van der Waals surface area (Å²) in [5, 5.41) is 8.53. The molecule has 1 nitrogen and oxygen atoms in total. The highest BCUT2D eigenvalue weighted by molar-refractivity contribution is 4.93. The van der Waals surface area contributed by atoms with Gasteiger partial charge >= 0.3 is 0 Å². The lowest BCUT2D eigenvalue weighted by Crippen LogP contribution is -1.94. The third-order valence-corrected chi connectivity index (χ3v) is 1.53. The normalized spacial score (nSPS) is 23.6. The van der Waals surface area contributed by atoms with E-state index in [9.17, 15) is 0 Å². The van der Waals surface area contributed by atoms with Gasteiger partial charge in [0.2, 0.25) is 0 Å². The summed E-state index contributed by atoms with van der Waals surface area (Å²) in [6, 6.07) is 0. The van der Waals surface area contributed by atoms with Crippen molar-refractivity contribution in [1.29, 1.82) is 0 Å². The standard InChI is InChI=1S/C6H11O/c7-5-6-3-1-2-4-6/h7H,1-5H2. The molecule has 0 aliphatic heterocycles. The van der Waals surface area contributed by atoms with Crippen LogP contribution in [0.1, 0.15) is 25.7 Å². The highest BCUT2D eigenvalue weighted by atomic mass is 16.3. The Labute approximate surface area is 44.4 Å². The van der Waals surface area contributed by atoms with Gasteiger partial charge < -0.3 is 5.11 Å². The number of hydrogen-bond donors (Lipinski definition) is 1. The predicted octanol–water partition coefficient (Wildman–Crippen LogP) is 1.13. The van der Waals surface area contributed by atoms with E-state index in [-0.39, 0.29) is 0 Å². The lowest BCUT2D eigenvalue weighted by Gasteiger charge is -1.97. The summed E-state index contributed by atoms with van der Waals surface area (Å²) in [7, 11) is 0. The van der Waals surface area contributed by atoms with Gasteiger partial charge in [-0.3, -0.25) is 0 Å². The maximum Gasteiger partial charge on any atom is 0.0493 e. The van der Waals surface area contributed by atoms with E-state index >= 15 is 0 Å². The molecule has 0 aromatic heterocycles. The number of aliphatic hydroxyl groups excluding tert-OH is 1. The topological polar surface area (TPSA) is 20.2 Å². The molecule has 7 heavy (non-hydrogen) atoms. The average Bonchev–Trinajstić information content (AvgIpc) is 2.14. The minimum Gasteiger partial charge on any atom is -0.396 e. The lowest BCUT2D eigenvalue weighted by molar-refractivity contribution is 0.303. The molecule has 41 valence electrons. The van der Waals surface area contributed by atoms with Gasteiger partial charge in [-0.1, -0.05) is 12.8 Å². The molecule has 1 fully saturated rings. The van der Waals surface area contributed by atoms with E-state index in [1.807, 2.05) is 0 Å². The third kappa shape index (κ3) is 1.16. The second-order valence-corrected chi connectivity index (χ2v) is 2.12. The van der Waals surface area contributed by atoms with Crippen molar-refractivity contribution in [3.63, 3.8) is 0 Å². The molecule has 1 heteroatoms. The first kappa shape index (κ1) is 5.10. The van der Waals surface area contributed by atoms with Gasteiger partial charge in [0.05, 0.1) is 0 Å². The number of hydrogen-bond acceptors (Lipinski definition) is 1. The van der Waals surface area contributed by atoms with Crippen LogP contribution in [-0.2, 0) is 0 Å². The lowest BCUT2D eigenvalue weighted by atomic mass is 10.1. The molecule has 1 saturated carbocycles. The molecule has 1 rings (SSSR count). The molecule has 0 bridgehead atoms. The fourth-order valence-electron chi connectivity index (χ4n) is 1.03. The Hall–Kier alpha value is -0.0400. The quantitative estimate of drug-likeness (QED) is 0.522. The molecule has 0 saturated heterocycles. The maximum atomic E-state index is 8.53. The number of rotatable bonds is 1. The van der Waals surface area contributed by atoms with Crippen LogP contribution in [0.5, 0.6) is 0 Å². The molecule has 0 aromatic rings. The van der Waals surface area contributed by atoms with E-state index in [2.05, 4.69) is 0 Å². The zero-order valence-electron chi connectivity index (χ0n) is 4.48. The van der Waals surface area contributed by atoms with Crippen LogP contribution < -0.4 is 0 Å². The molecule has 0 aromatic carbocycles. The largest absolute Gasteiger partial charge is 0.396 e. The Bertz CT molecular complexity index is 46.1. The Morgan fingerprint density at radius 1 is 1.29 bits per heavy atom. The maximum absolute atomic E-state index is 8.53. The van der Waals surface area contributed by atoms with Crippen molar-refractivity contribution < 1.29 is 5.11 Å². The van der Waals surface area contributed by atoms with Crippen molar-refractivity contribution in [3.8, 4) is 0 Å². The van der Waals surface area contributed by atoms with E-state index in [4.69, 9.17) is 5.11 Å². The molecular formula is C6H11O. The second-order valence-electron chi connectivity index (χ2n) is 2.12. The zero-order chi connectivity index (χ0) is 5.11. The van der Waals surface area contributed by atoms with E-state index in [1.165, 1.54) is 31.6 Å². The molecule has 0 atom stereocenters. The van der Waals surface area contributed by atoms with E-state index in [1.54, 1.807) is 0 Å². The first-order valence-corrected chi connectivity index (χ1v) is 2.88. The van der Waals surface area contributed by atoms with Gasteiger partial charge in [-0.25, -0.2) is 0 Å². The van der Waals surface area contributed by atoms with Crippen LogP contribution in [0.15, 0.2) is 0 Å². The van der Waals surface area contributed by atoms with Gasteiger partial charge in [0, 0.05) is 12.5 Å². The van der Waals surface area contributed by atoms with Crippen LogP contribution in [-0.4, -0.2) is 11.7 Å². The molecule has 1 aliphatic rings. The van der Waals surface area contributed by atoms with Gasteiger partial charge in [0.15, 0.2) is 0 Å². The fourth-order valence-corrected chi connectivity index (χ4v) is 1.03. The second kappa shape index (κ2) is 2.31. The number of aliphatic hydroxyl groups is 1. The molecule has 1 aliphatic carbocycles. The monoisotopic (exact) mass is 99.1 g/mol. The smallest absolute Gasteiger partial charge is 0.0493 e. The van der Waals surface area contributed by atoms with Crippen LogP contribution in [0.4, 0.5) is 0 Å². The fraction of sp³-hybridized carbons (Fsp3) is 0.833. The summed E-state index contributed by atoms with van der Waals surface area (Å²) in [4.78, 5) is 0. The zero-order valence-corrected chi connectivity index (χ0v) is 4.48. The molecule has 0 heterocycles. The van der Waals surface area contributed by atoms with Gasteiger partial charge in [-0.15, -0.1) is 0 Å². The van der Waals surface area contributed by atoms with Crippen molar-refractivity contribution >= 4 is 0 Å². The molecule has 1 radical (unpaired) electrons. The van der Waals surface area contributed by atoms with Gasteiger partial charge in [-0.05, 0) is 12.8 Å². The minimum atomic E-state index is 0.333. The summed E-state index contributed by atoms with van der Waals surface area (Å²) >= 11 is 0. The minimum absolute atomic E-state index is 0.333. The van der Waals surface area contributed by atoms with Crippen LogP contribution in [0, 0.1) is 5.92 Å². The average molecular weight is 99.2 g/mol. The molecule has 0 spiro atoms. The first-order valence-electron chi connectivity index (χ1n) is 2.88. The van der Waals surface area contributed by atoms with Crippen molar-refractivity contribution in [2.75, 3.05) is 6.61 Å². The van der Waals surface area contributed by atoms with Crippen molar-refractivity contribution in [1.82, 2.24) is 0 Å². The van der Waals surface area contributed by atoms with E-state index < -0.39 is 0 Å². The third-order valence-electron chi connectivity index (χ3n) is 1.53. The first-order chi connectivity index (χ1) is 3.43. The van der Waals surface area contributed by atoms with Crippen LogP contribution in [0.3, 0.4) is 0 Å². The van der Waals surface area contributed by atoms with Gasteiger partial charge in [0.1, 0.15) is 0 Å². The van der Waals surface area contributed by atoms with Crippen molar-refractivity contribution in [2.45, 2.75) is 25.7 Å². The summed E-state index contributed by atoms with van der Waals surface area (Å²) in [6.07, 6.45) is 4.96.